The van der Waals surface area contributed by atoms with E-state index in [2.05, 4.69) is 11.3 Å². The maximum absolute atomic E-state index is 12.5. The van der Waals surface area contributed by atoms with Crippen LogP contribution in [0.5, 0.6) is 17.2 Å². The highest BCUT2D eigenvalue weighted by Gasteiger charge is 2.28. The molecule has 1 aromatic heterocycles. The number of aliphatic hydroxyl groups excluding tert-OH is 1. The zero-order chi connectivity index (χ0) is 18.0. The smallest absolute Gasteiger partial charge is 0.271 e. The molecule has 25 heavy (non-hydrogen) atoms. The molecule has 0 saturated carbocycles. The van der Waals surface area contributed by atoms with E-state index < -0.39 is 10.0 Å². The van der Waals surface area contributed by atoms with Crippen LogP contribution in [0.25, 0.3) is 6.08 Å². The Morgan fingerprint density at radius 3 is 2.84 bits per heavy atom. The van der Waals surface area contributed by atoms with E-state index in [1.165, 1.54) is 31.4 Å². The van der Waals surface area contributed by atoms with Crippen LogP contribution in [0.15, 0.2) is 46.2 Å². The zero-order valence-electron chi connectivity index (χ0n) is 13.2. The van der Waals surface area contributed by atoms with Crippen LogP contribution >= 0.6 is 11.3 Å². The largest absolute Gasteiger partial charge is 0.509 e. The summed E-state index contributed by atoms with van der Waals surface area (Å²) in [5, 5.41) is 10.9. The molecule has 0 saturated heterocycles. The third-order valence-corrected chi connectivity index (χ3v) is 6.05. The molecule has 2 N–H and O–H groups in total. The number of nitrogens with one attached hydrogen (secondary N) is 1. The quantitative estimate of drug-likeness (QED) is 0.589. The first-order chi connectivity index (χ1) is 11.9. The second-order valence-corrected chi connectivity index (χ2v) is 7.83. The lowest BCUT2D eigenvalue weighted by atomic mass is 10.1. The average Bonchev–Trinajstić information content (AvgIpc) is 3.24. The van der Waals surface area contributed by atoms with Crippen molar-refractivity contribution in [2.24, 2.45) is 0 Å². The topological polar surface area (TPSA) is 94.1 Å². The molecule has 0 radical (unpaired) electrons. The van der Waals surface area contributed by atoms with Crippen molar-refractivity contribution in [3.05, 3.63) is 47.6 Å². The number of benzene rings is 1. The Balaban J connectivity index is 2.09. The van der Waals surface area contributed by atoms with Gasteiger partial charge < -0.3 is 19.3 Å². The number of aliphatic hydroxyl groups is 1. The number of methoxy groups -OCH3 is 1. The summed E-state index contributed by atoms with van der Waals surface area (Å²) in [7, 11) is -2.30. The SMILES string of the molecule is C=C(O)/C=C/c1cc(NS(=O)(=O)c2cccs2)c2c(c1OC)OCO2. The highest BCUT2D eigenvalue weighted by Crippen LogP contribution is 2.49. The molecule has 132 valence electrons. The molecule has 0 spiro atoms. The van der Waals surface area contributed by atoms with Gasteiger partial charge in [-0.3, -0.25) is 4.72 Å². The van der Waals surface area contributed by atoms with Crippen LogP contribution in [0.1, 0.15) is 5.56 Å². The summed E-state index contributed by atoms with van der Waals surface area (Å²) in [6.07, 6.45) is 2.89. The Hall–Kier alpha value is -2.65. The highest BCUT2D eigenvalue weighted by atomic mass is 32.2. The number of anilines is 1. The summed E-state index contributed by atoms with van der Waals surface area (Å²) in [6, 6.07) is 4.69. The van der Waals surface area contributed by atoms with Crippen molar-refractivity contribution in [3.63, 3.8) is 0 Å². The Bertz CT molecular complexity index is 932. The minimum absolute atomic E-state index is 0.0563. The van der Waals surface area contributed by atoms with Gasteiger partial charge in [0, 0.05) is 5.56 Å². The molecule has 7 nitrogen and oxygen atoms in total. The lowest BCUT2D eigenvalue weighted by Gasteiger charge is -2.14. The van der Waals surface area contributed by atoms with Crippen molar-refractivity contribution in [1.82, 2.24) is 0 Å². The molecule has 9 heteroatoms. The monoisotopic (exact) mass is 381 g/mol. The first-order valence-electron chi connectivity index (χ1n) is 7.05. The maximum Gasteiger partial charge on any atom is 0.271 e. The van der Waals surface area contributed by atoms with Crippen LogP contribution in [0.3, 0.4) is 0 Å². The Kier molecular flexibility index (Phi) is 4.60. The third kappa shape index (κ3) is 3.42. The minimum Gasteiger partial charge on any atom is -0.509 e. The van der Waals surface area contributed by atoms with E-state index in [0.29, 0.717) is 11.3 Å². The van der Waals surface area contributed by atoms with Crippen molar-refractivity contribution < 1.29 is 27.7 Å². The normalized spacial score (nSPS) is 13.2. The number of thiophene rings is 1. The van der Waals surface area contributed by atoms with Crippen LogP contribution < -0.4 is 18.9 Å². The molecule has 0 bridgehead atoms. The molecule has 1 aliphatic rings. The van der Waals surface area contributed by atoms with Crippen molar-refractivity contribution in [1.29, 1.82) is 0 Å². The van der Waals surface area contributed by atoms with Gasteiger partial charge in [0.25, 0.3) is 10.0 Å². The van der Waals surface area contributed by atoms with E-state index >= 15 is 0 Å². The van der Waals surface area contributed by atoms with Crippen LogP contribution in [-0.4, -0.2) is 27.4 Å². The summed E-state index contributed by atoms with van der Waals surface area (Å²) in [4.78, 5) is 0. The molecular formula is C16H15NO6S2. The zero-order valence-corrected chi connectivity index (χ0v) is 14.8. The molecular weight excluding hydrogens is 366 g/mol. The van der Waals surface area contributed by atoms with Gasteiger partial charge in [-0.2, -0.15) is 0 Å². The van der Waals surface area contributed by atoms with Gasteiger partial charge in [-0.25, -0.2) is 8.42 Å². The van der Waals surface area contributed by atoms with Crippen LogP contribution in [-0.2, 0) is 10.0 Å². The predicted octanol–water partition coefficient (Wildman–Crippen LogP) is 3.37. The number of rotatable bonds is 6. The van der Waals surface area contributed by atoms with Gasteiger partial charge in [0.2, 0.25) is 12.5 Å². The third-order valence-electron chi connectivity index (χ3n) is 3.29. The number of fused-ring (bicyclic) bond motifs is 1. The van der Waals surface area contributed by atoms with E-state index in [9.17, 15) is 13.5 Å². The molecule has 3 rings (SSSR count). The van der Waals surface area contributed by atoms with E-state index in [4.69, 9.17) is 14.2 Å². The van der Waals surface area contributed by atoms with Crippen LogP contribution in [0, 0.1) is 0 Å². The fourth-order valence-electron chi connectivity index (χ4n) is 2.27. The Morgan fingerprint density at radius 1 is 1.44 bits per heavy atom. The fourth-order valence-corrected chi connectivity index (χ4v) is 4.32. The molecule has 0 unspecified atom stereocenters. The number of sulfonamides is 1. The maximum atomic E-state index is 12.5. The van der Waals surface area contributed by atoms with Gasteiger partial charge in [0.05, 0.1) is 12.8 Å². The van der Waals surface area contributed by atoms with Gasteiger partial charge in [-0.05, 0) is 29.7 Å². The number of hydrogen-bond acceptors (Lipinski definition) is 7. The fraction of sp³-hybridized carbons (Fsp3) is 0.125. The van der Waals surface area contributed by atoms with Crippen molar-refractivity contribution in [2.75, 3.05) is 18.6 Å². The Labute approximate surface area is 148 Å². The molecule has 0 aliphatic carbocycles. The number of hydrogen-bond donors (Lipinski definition) is 2. The van der Waals surface area contributed by atoms with Crippen LogP contribution in [0.2, 0.25) is 0 Å². The summed E-state index contributed by atoms with van der Waals surface area (Å²) in [6.45, 7) is 3.32. The van der Waals surface area contributed by atoms with Gasteiger partial charge in [-0.15, -0.1) is 11.3 Å². The van der Waals surface area contributed by atoms with Gasteiger partial charge in [0.1, 0.15) is 9.97 Å². The van der Waals surface area contributed by atoms with E-state index in [1.807, 2.05) is 0 Å². The lowest BCUT2D eigenvalue weighted by molar-refractivity contribution is 0.171. The summed E-state index contributed by atoms with van der Waals surface area (Å²) >= 11 is 1.10. The van der Waals surface area contributed by atoms with Crippen molar-refractivity contribution in [2.45, 2.75) is 4.21 Å². The molecule has 0 atom stereocenters. The molecule has 1 aromatic carbocycles. The first-order valence-corrected chi connectivity index (χ1v) is 9.41. The second kappa shape index (κ2) is 6.69. The van der Waals surface area contributed by atoms with Gasteiger partial charge in [0.15, 0.2) is 11.5 Å². The van der Waals surface area contributed by atoms with Crippen molar-refractivity contribution >= 4 is 33.1 Å². The average molecular weight is 381 g/mol. The summed E-state index contributed by atoms with van der Waals surface area (Å²) in [5.41, 5.74) is 0.704. The predicted molar refractivity (Wildman–Crippen MR) is 95.0 cm³/mol. The van der Waals surface area contributed by atoms with Gasteiger partial charge >= 0.3 is 0 Å². The second-order valence-electron chi connectivity index (χ2n) is 4.97. The summed E-state index contributed by atoms with van der Waals surface area (Å²) in [5.74, 6) is 0.749. The van der Waals surface area contributed by atoms with E-state index in [1.54, 1.807) is 11.4 Å². The van der Waals surface area contributed by atoms with E-state index in [-0.39, 0.29) is 33.9 Å². The minimum atomic E-state index is -3.76. The molecule has 0 amide bonds. The van der Waals surface area contributed by atoms with Crippen LogP contribution in [0.4, 0.5) is 5.69 Å². The highest BCUT2D eigenvalue weighted by molar-refractivity contribution is 7.94. The molecule has 2 heterocycles. The summed E-state index contributed by atoms with van der Waals surface area (Å²) < 4.78 is 43.8. The van der Waals surface area contributed by atoms with Gasteiger partial charge in [-0.1, -0.05) is 12.6 Å². The van der Waals surface area contributed by atoms with Crippen molar-refractivity contribution in [3.8, 4) is 17.2 Å². The lowest BCUT2D eigenvalue weighted by Crippen LogP contribution is -2.12. The van der Waals surface area contributed by atoms with E-state index in [0.717, 1.165) is 11.3 Å². The standard InChI is InChI=1S/C16H15NO6S2/c1-10(18)5-6-11-8-12(15-16(14(11)21-2)23-9-22-15)17-25(19,20)13-4-3-7-24-13/h3-8,17-18H,1,9H2,2H3/b6-5+. The molecule has 1 aliphatic heterocycles. The number of ether oxygens (including phenoxy) is 3. The number of allylic oxidation sites excluding steroid dienone is 1. The molecule has 0 fully saturated rings. The molecule has 2 aromatic rings. The Morgan fingerprint density at radius 2 is 2.20 bits per heavy atom. The first kappa shape index (κ1) is 17.2.